The standard InChI is InChI=1S/C35H47NO7/c1-22(17-29-21-41-27(6)36-29)11-8-14-25(4)35(40-7)26(5)32-20-30(37)23(2)12-9-13-24(3)31-18-28(19-34(39)42-31)15-10-16-33(38)43-32/h8-14,16-17,21,24,26,28,30-32,35,37H,15,18-20H2,1-7H3/b11-8+,13-9+,16-10+,22-17+,23-12+,25-14+/t24-,26+,28-,30+,31-,32+,35+/m1/s1. The normalized spacial score (nSPS) is 30.6. The summed E-state index contributed by atoms with van der Waals surface area (Å²) in [6, 6.07) is 0. The van der Waals surface area contributed by atoms with E-state index in [0.717, 1.165) is 28.8 Å². The van der Waals surface area contributed by atoms with Crippen LogP contribution in [0.2, 0.25) is 0 Å². The summed E-state index contributed by atoms with van der Waals surface area (Å²) in [5.41, 5.74) is 3.46. The number of aliphatic hydroxyl groups is 1. The van der Waals surface area contributed by atoms with Crippen LogP contribution in [-0.2, 0) is 23.8 Å². The van der Waals surface area contributed by atoms with E-state index in [1.165, 1.54) is 6.08 Å². The molecule has 2 aliphatic heterocycles. The number of methoxy groups -OCH3 is 1. The Balaban J connectivity index is 1.80. The van der Waals surface area contributed by atoms with Gasteiger partial charge < -0.3 is 23.7 Å². The van der Waals surface area contributed by atoms with Crippen molar-refractivity contribution >= 4 is 18.0 Å². The maximum absolute atomic E-state index is 13.0. The average molecular weight is 594 g/mol. The number of hydrogen-bond acceptors (Lipinski definition) is 8. The number of fused-ring (bicyclic) bond motifs is 2. The fraction of sp³-hybridized carbons (Fsp3) is 0.514. The molecule has 0 spiro atoms. The zero-order valence-corrected chi connectivity index (χ0v) is 26.5. The van der Waals surface area contributed by atoms with Crippen molar-refractivity contribution in [3.05, 3.63) is 83.2 Å². The molecule has 8 nitrogen and oxygen atoms in total. The van der Waals surface area contributed by atoms with Gasteiger partial charge in [-0.15, -0.1) is 0 Å². The number of ether oxygens (including phenoxy) is 3. The van der Waals surface area contributed by atoms with E-state index in [9.17, 15) is 14.7 Å². The maximum Gasteiger partial charge on any atom is 0.330 e. The highest BCUT2D eigenvalue weighted by atomic mass is 16.6. The molecule has 0 amide bonds. The number of hydrogen-bond donors (Lipinski definition) is 1. The predicted molar refractivity (Wildman–Crippen MR) is 167 cm³/mol. The third kappa shape index (κ3) is 10.6. The summed E-state index contributed by atoms with van der Waals surface area (Å²) in [7, 11) is 1.63. The van der Waals surface area contributed by atoms with Crippen molar-refractivity contribution in [1.82, 2.24) is 4.98 Å². The fourth-order valence-corrected chi connectivity index (χ4v) is 5.54. The highest BCUT2D eigenvalue weighted by Crippen LogP contribution is 2.30. The minimum atomic E-state index is -0.830. The van der Waals surface area contributed by atoms with Crippen LogP contribution in [0.5, 0.6) is 0 Å². The van der Waals surface area contributed by atoms with Crippen molar-refractivity contribution < 1.29 is 33.3 Å². The van der Waals surface area contributed by atoms with Crippen LogP contribution in [0.4, 0.5) is 0 Å². The second kappa shape index (κ2) is 16.4. The molecular weight excluding hydrogens is 546 g/mol. The largest absolute Gasteiger partial charge is 0.462 e. The van der Waals surface area contributed by atoms with E-state index in [0.29, 0.717) is 18.7 Å². The van der Waals surface area contributed by atoms with Crippen molar-refractivity contribution in [2.24, 2.45) is 17.8 Å². The molecule has 1 aromatic heterocycles. The quantitative estimate of drug-likeness (QED) is 0.278. The smallest absolute Gasteiger partial charge is 0.330 e. The lowest BCUT2D eigenvalue weighted by Crippen LogP contribution is -2.37. The van der Waals surface area contributed by atoms with E-state index in [1.54, 1.807) is 26.4 Å². The van der Waals surface area contributed by atoms with Gasteiger partial charge in [0.15, 0.2) is 5.89 Å². The average Bonchev–Trinajstić information content (AvgIpc) is 3.35. The van der Waals surface area contributed by atoms with E-state index in [1.807, 2.05) is 77.2 Å². The van der Waals surface area contributed by atoms with Crippen LogP contribution in [-0.4, -0.2) is 53.6 Å². The summed E-state index contributed by atoms with van der Waals surface area (Å²) in [5, 5.41) is 11.1. The number of esters is 2. The molecule has 0 unspecified atom stereocenters. The Kier molecular flexibility index (Phi) is 13.0. The minimum Gasteiger partial charge on any atom is -0.462 e. The Bertz CT molecular complexity index is 1280. The lowest BCUT2D eigenvalue weighted by Gasteiger charge is -2.32. The van der Waals surface area contributed by atoms with Crippen LogP contribution in [0.15, 0.2) is 76.0 Å². The summed E-state index contributed by atoms with van der Waals surface area (Å²) < 4.78 is 22.7. The molecule has 7 atom stereocenters. The first-order valence-electron chi connectivity index (χ1n) is 15.0. The van der Waals surface area contributed by atoms with Crippen LogP contribution < -0.4 is 0 Å². The van der Waals surface area contributed by atoms with Gasteiger partial charge in [0.05, 0.1) is 12.2 Å². The van der Waals surface area contributed by atoms with Gasteiger partial charge in [0, 0.05) is 44.8 Å². The van der Waals surface area contributed by atoms with Gasteiger partial charge in [-0.05, 0) is 62.3 Å². The van der Waals surface area contributed by atoms with E-state index in [4.69, 9.17) is 18.6 Å². The van der Waals surface area contributed by atoms with Crippen molar-refractivity contribution in [2.45, 2.75) is 91.6 Å². The SMILES string of the molecule is CO[C@@H](/C(C)=C/C=C/C(C)=C/c1coc(C)n1)[C@@H](C)[C@@H]1C[C@H](O)/C(C)=C/C=C/[C@@H](C)[C@H]2C[C@@H](C/C=C/C(=O)O1)CC(=O)O2. The van der Waals surface area contributed by atoms with Crippen LogP contribution in [0.1, 0.15) is 71.9 Å². The molecular formula is C35H47NO7. The molecule has 1 aromatic rings. The summed E-state index contributed by atoms with van der Waals surface area (Å²) in [6.07, 6.45) is 18.3. The van der Waals surface area contributed by atoms with Crippen LogP contribution in [0, 0.1) is 24.7 Å². The minimum absolute atomic E-state index is 0.0274. The first-order chi connectivity index (χ1) is 20.5. The highest BCUT2D eigenvalue weighted by molar-refractivity contribution is 5.82. The topological polar surface area (TPSA) is 108 Å². The molecule has 2 aliphatic rings. The van der Waals surface area contributed by atoms with Gasteiger partial charge in [-0.3, -0.25) is 4.79 Å². The van der Waals surface area contributed by atoms with Crippen molar-refractivity contribution in [3.8, 4) is 0 Å². The number of aliphatic hydroxyl groups excluding tert-OH is 1. The molecule has 0 aromatic carbocycles. The third-order valence-electron chi connectivity index (χ3n) is 8.13. The number of aryl methyl sites for hydroxylation is 1. The van der Waals surface area contributed by atoms with E-state index >= 15 is 0 Å². The Morgan fingerprint density at radius 1 is 1.19 bits per heavy atom. The second-order valence-electron chi connectivity index (χ2n) is 11.8. The molecule has 1 fully saturated rings. The number of aromatic nitrogens is 1. The zero-order valence-electron chi connectivity index (χ0n) is 26.5. The number of allylic oxidation sites excluding steroid dienone is 7. The number of nitrogens with zero attached hydrogens (tertiary/aromatic N) is 1. The highest BCUT2D eigenvalue weighted by Gasteiger charge is 2.33. The molecule has 2 bridgehead atoms. The van der Waals surface area contributed by atoms with Crippen LogP contribution >= 0.6 is 0 Å². The number of carbonyl (C=O) groups is 2. The van der Waals surface area contributed by atoms with Crippen LogP contribution in [0.25, 0.3) is 6.08 Å². The summed E-state index contributed by atoms with van der Waals surface area (Å²) in [5.74, 6) is -0.209. The van der Waals surface area contributed by atoms with Gasteiger partial charge in [0.25, 0.3) is 0 Å². The van der Waals surface area contributed by atoms with Crippen molar-refractivity contribution in [3.63, 3.8) is 0 Å². The third-order valence-corrected chi connectivity index (χ3v) is 8.13. The van der Waals surface area contributed by atoms with Gasteiger partial charge in [0.2, 0.25) is 0 Å². The monoisotopic (exact) mass is 593 g/mol. The Labute approximate surface area is 255 Å². The molecule has 0 radical (unpaired) electrons. The number of carbonyl (C=O) groups excluding carboxylic acids is 2. The van der Waals surface area contributed by atoms with Gasteiger partial charge in [-0.1, -0.05) is 56.4 Å². The number of oxazole rings is 1. The summed E-state index contributed by atoms with van der Waals surface area (Å²) in [4.78, 5) is 29.5. The Hall–Kier alpha value is -3.49. The van der Waals surface area contributed by atoms with Crippen molar-refractivity contribution in [1.29, 1.82) is 0 Å². The second-order valence-corrected chi connectivity index (χ2v) is 11.8. The van der Waals surface area contributed by atoms with Crippen LogP contribution in [0.3, 0.4) is 0 Å². The van der Waals surface area contributed by atoms with Gasteiger partial charge >= 0.3 is 11.9 Å². The van der Waals surface area contributed by atoms with E-state index in [-0.39, 0.29) is 42.4 Å². The van der Waals surface area contributed by atoms with Gasteiger partial charge in [-0.25, -0.2) is 9.78 Å². The Morgan fingerprint density at radius 3 is 2.65 bits per heavy atom. The first-order valence-corrected chi connectivity index (χ1v) is 15.0. The Morgan fingerprint density at radius 2 is 1.95 bits per heavy atom. The summed E-state index contributed by atoms with van der Waals surface area (Å²) in [6.45, 7) is 11.6. The maximum atomic E-state index is 13.0. The zero-order chi connectivity index (χ0) is 31.5. The molecule has 8 heteroatoms. The number of cyclic esters (lactones) is 1. The molecule has 0 aliphatic carbocycles. The fourth-order valence-electron chi connectivity index (χ4n) is 5.54. The van der Waals surface area contributed by atoms with E-state index < -0.39 is 18.2 Å². The van der Waals surface area contributed by atoms with Gasteiger partial charge in [-0.2, -0.15) is 0 Å². The van der Waals surface area contributed by atoms with E-state index in [2.05, 4.69) is 4.98 Å². The number of rotatable bonds is 7. The molecule has 0 saturated carbocycles. The van der Waals surface area contributed by atoms with Gasteiger partial charge in [0.1, 0.15) is 24.2 Å². The lowest BCUT2D eigenvalue weighted by atomic mass is 9.86. The summed E-state index contributed by atoms with van der Waals surface area (Å²) >= 11 is 0. The molecule has 43 heavy (non-hydrogen) atoms. The predicted octanol–water partition coefficient (Wildman–Crippen LogP) is 6.62. The molecule has 1 N–H and O–H groups in total. The molecule has 1 saturated heterocycles. The first kappa shape index (κ1) is 34.0. The lowest BCUT2D eigenvalue weighted by molar-refractivity contribution is -0.158. The molecule has 3 heterocycles. The van der Waals surface area contributed by atoms with Crippen molar-refractivity contribution in [2.75, 3.05) is 7.11 Å². The molecule has 234 valence electrons. The molecule has 3 rings (SSSR count).